The molecule has 2 N–H and O–H groups in total. The summed E-state index contributed by atoms with van der Waals surface area (Å²) in [4.78, 5) is 12.2. The Bertz CT molecular complexity index is 910. The maximum atomic E-state index is 12.2. The Hall–Kier alpha value is -3.47. The molecule has 0 aliphatic carbocycles. The van der Waals surface area contributed by atoms with Gasteiger partial charge in [-0.25, -0.2) is 0 Å². The van der Waals surface area contributed by atoms with Crippen LogP contribution in [0.3, 0.4) is 0 Å². The summed E-state index contributed by atoms with van der Waals surface area (Å²) in [5, 5.41) is 6.00. The van der Waals surface area contributed by atoms with Crippen molar-refractivity contribution in [3.63, 3.8) is 0 Å². The summed E-state index contributed by atoms with van der Waals surface area (Å²) in [6.07, 6.45) is 2.93. The molecule has 0 atom stereocenters. The smallest absolute Gasteiger partial charge is 0.243 e. The lowest BCUT2D eigenvalue weighted by atomic mass is 10.1. The number of hydrogen-bond donors (Lipinski definition) is 2. The van der Waals surface area contributed by atoms with Crippen molar-refractivity contribution >= 4 is 17.3 Å². The van der Waals surface area contributed by atoms with Crippen LogP contribution in [0.15, 0.2) is 78.9 Å². The predicted octanol–water partition coefficient (Wildman–Crippen LogP) is 5.54. The van der Waals surface area contributed by atoms with Crippen molar-refractivity contribution in [3.05, 3.63) is 84.4 Å². The zero-order chi connectivity index (χ0) is 21.7. The lowest BCUT2D eigenvalue weighted by molar-refractivity contribution is -0.114. The molecule has 0 spiro atoms. The quantitative estimate of drug-likeness (QED) is 0.379. The maximum Gasteiger partial charge on any atom is 0.243 e. The van der Waals surface area contributed by atoms with Gasteiger partial charge in [-0.3, -0.25) is 4.79 Å². The predicted molar refractivity (Wildman–Crippen MR) is 126 cm³/mol. The fourth-order valence-electron chi connectivity index (χ4n) is 3.02. The van der Waals surface area contributed by atoms with Crippen LogP contribution in [0, 0.1) is 0 Å². The molecule has 0 heterocycles. The third-order valence-electron chi connectivity index (χ3n) is 4.64. The summed E-state index contributed by atoms with van der Waals surface area (Å²) in [7, 11) is 0. The molecule has 0 saturated heterocycles. The van der Waals surface area contributed by atoms with Crippen LogP contribution < -0.4 is 20.1 Å². The summed E-state index contributed by atoms with van der Waals surface area (Å²) >= 11 is 0. The first kappa shape index (κ1) is 22.2. The Morgan fingerprint density at radius 2 is 1.39 bits per heavy atom. The molecule has 3 aromatic carbocycles. The molecule has 31 heavy (non-hydrogen) atoms. The van der Waals surface area contributed by atoms with Crippen LogP contribution in [0.4, 0.5) is 11.4 Å². The molecule has 5 nitrogen and oxygen atoms in total. The first-order valence-corrected chi connectivity index (χ1v) is 10.8. The summed E-state index contributed by atoms with van der Waals surface area (Å²) < 4.78 is 11.3. The molecule has 162 valence electrons. The Morgan fingerprint density at radius 1 is 0.774 bits per heavy atom. The molecule has 0 aliphatic rings. The number of ether oxygens (including phenoxy) is 2. The van der Waals surface area contributed by atoms with Gasteiger partial charge < -0.3 is 20.1 Å². The van der Waals surface area contributed by atoms with Gasteiger partial charge in [0.25, 0.3) is 0 Å². The lowest BCUT2D eigenvalue weighted by Gasteiger charge is -2.10. The molecule has 0 saturated carbocycles. The molecule has 0 unspecified atom stereocenters. The van der Waals surface area contributed by atoms with Crippen molar-refractivity contribution in [2.75, 3.05) is 30.4 Å². The average Bonchev–Trinajstić information content (AvgIpc) is 2.81. The average molecular weight is 419 g/mol. The molecule has 1 amide bonds. The number of carbonyl (C=O) groups excluding carboxylic acids is 1. The minimum atomic E-state index is -0.108. The third kappa shape index (κ3) is 8.05. The minimum Gasteiger partial charge on any atom is -0.494 e. The molecular weight excluding hydrogens is 388 g/mol. The van der Waals surface area contributed by atoms with Crippen LogP contribution in [0.2, 0.25) is 0 Å². The van der Waals surface area contributed by atoms with Crippen molar-refractivity contribution in [2.24, 2.45) is 0 Å². The number of benzene rings is 3. The second kappa shape index (κ2) is 12.3. The van der Waals surface area contributed by atoms with Crippen LogP contribution in [0.5, 0.6) is 11.5 Å². The van der Waals surface area contributed by atoms with Gasteiger partial charge in [0, 0.05) is 11.4 Å². The Balaban J connectivity index is 1.35. The van der Waals surface area contributed by atoms with E-state index < -0.39 is 0 Å². The zero-order valence-electron chi connectivity index (χ0n) is 18.0. The molecule has 3 aromatic rings. The molecule has 5 heteroatoms. The highest BCUT2D eigenvalue weighted by Gasteiger charge is 2.04. The van der Waals surface area contributed by atoms with Crippen LogP contribution in [0.25, 0.3) is 0 Å². The van der Waals surface area contributed by atoms with Gasteiger partial charge in [-0.2, -0.15) is 0 Å². The standard InChI is InChI=1S/C26H30N2O3/c1-2-18-30-24-14-10-22(11-15-24)27-20-26(29)28-23-12-16-25(17-13-23)31-19-6-9-21-7-4-3-5-8-21/h3-5,7-8,10-17,27H,2,6,9,18-20H2,1H3,(H,28,29). The largest absolute Gasteiger partial charge is 0.494 e. The van der Waals surface area contributed by atoms with Crippen LogP contribution in [-0.4, -0.2) is 25.7 Å². The Labute approximate surface area is 184 Å². The molecule has 3 rings (SSSR count). The maximum absolute atomic E-state index is 12.2. The van der Waals surface area contributed by atoms with E-state index in [1.165, 1.54) is 5.56 Å². The van der Waals surface area contributed by atoms with Gasteiger partial charge in [0.15, 0.2) is 0 Å². The van der Waals surface area contributed by atoms with E-state index in [1.54, 1.807) is 0 Å². The van der Waals surface area contributed by atoms with E-state index in [-0.39, 0.29) is 12.5 Å². The lowest BCUT2D eigenvalue weighted by Crippen LogP contribution is -2.21. The van der Waals surface area contributed by atoms with Gasteiger partial charge >= 0.3 is 0 Å². The third-order valence-corrected chi connectivity index (χ3v) is 4.64. The summed E-state index contributed by atoms with van der Waals surface area (Å²) in [6.45, 7) is 3.62. The van der Waals surface area contributed by atoms with Crippen molar-refractivity contribution in [2.45, 2.75) is 26.2 Å². The number of hydrogen-bond acceptors (Lipinski definition) is 4. The minimum absolute atomic E-state index is 0.108. The van der Waals surface area contributed by atoms with E-state index in [0.717, 1.165) is 42.1 Å². The van der Waals surface area contributed by atoms with Gasteiger partial charge in [0.2, 0.25) is 5.91 Å². The molecule has 0 aromatic heterocycles. The molecule has 0 bridgehead atoms. The SMILES string of the molecule is CCCOc1ccc(NCC(=O)Nc2ccc(OCCCc3ccccc3)cc2)cc1. The highest BCUT2D eigenvalue weighted by Crippen LogP contribution is 2.17. The van der Waals surface area contributed by atoms with E-state index in [1.807, 2.05) is 54.6 Å². The van der Waals surface area contributed by atoms with Gasteiger partial charge in [-0.1, -0.05) is 37.3 Å². The van der Waals surface area contributed by atoms with Gasteiger partial charge in [0.1, 0.15) is 11.5 Å². The molecule has 0 fully saturated rings. The number of aryl methyl sites for hydroxylation is 1. The van der Waals surface area contributed by atoms with Crippen molar-refractivity contribution in [3.8, 4) is 11.5 Å². The molecule has 0 aliphatic heterocycles. The Kier molecular flexibility index (Phi) is 8.80. The summed E-state index contributed by atoms with van der Waals surface area (Å²) in [5.41, 5.74) is 2.93. The number of anilines is 2. The summed E-state index contributed by atoms with van der Waals surface area (Å²) in [5.74, 6) is 1.52. The monoisotopic (exact) mass is 418 g/mol. The van der Waals surface area contributed by atoms with E-state index in [0.29, 0.717) is 13.2 Å². The zero-order valence-corrected chi connectivity index (χ0v) is 18.0. The fraction of sp³-hybridized carbons (Fsp3) is 0.269. The number of nitrogens with one attached hydrogen (secondary N) is 2. The normalized spacial score (nSPS) is 10.4. The highest BCUT2D eigenvalue weighted by atomic mass is 16.5. The molecule has 0 radical (unpaired) electrons. The second-order valence-corrected chi connectivity index (χ2v) is 7.24. The molecular formula is C26H30N2O3. The van der Waals surface area contributed by atoms with Gasteiger partial charge in [0.05, 0.1) is 19.8 Å². The van der Waals surface area contributed by atoms with Crippen LogP contribution >= 0.6 is 0 Å². The highest BCUT2D eigenvalue weighted by molar-refractivity contribution is 5.93. The van der Waals surface area contributed by atoms with Crippen molar-refractivity contribution < 1.29 is 14.3 Å². The van der Waals surface area contributed by atoms with Crippen molar-refractivity contribution in [1.82, 2.24) is 0 Å². The van der Waals surface area contributed by atoms with Crippen LogP contribution in [-0.2, 0) is 11.2 Å². The summed E-state index contributed by atoms with van der Waals surface area (Å²) in [6, 6.07) is 25.4. The number of rotatable bonds is 12. The Morgan fingerprint density at radius 3 is 2.03 bits per heavy atom. The van der Waals surface area contributed by atoms with E-state index in [4.69, 9.17) is 9.47 Å². The number of carbonyl (C=O) groups is 1. The topological polar surface area (TPSA) is 59.6 Å². The van der Waals surface area contributed by atoms with Gasteiger partial charge in [-0.05, 0) is 73.4 Å². The first-order valence-electron chi connectivity index (χ1n) is 10.8. The second-order valence-electron chi connectivity index (χ2n) is 7.24. The van der Waals surface area contributed by atoms with E-state index in [9.17, 15) is 4.79 Å². The first-order chi connectivity index (χ1) is 15.2. The van der Waals surface area contributed by atoms with E-state index in [2.05, 4.69) is 41.8 Å². The number of amides is 1. The van der Waals surface area contributed by atoms with Crippen LogP contribution in [0.1, 0.15) is 25.3 Å². The van der Waals surface area contributed by atoms with E-state index >= 15 is 0 Å². The van der Waals surface area contributed by atoms with Gasteiger partial charge in [-0.15, -0.1) is 0 Å². The fourth-order valence-corrected chi connectivity index (χ4v) is 3.02. The van der Waals surface area contributed by atoms with Crippen molar-refractivity contribution in [1.29, 1.82) is 0 Å².